The van der Waals surface area contributed by atoms with E-state index in [0.29, 0.717) is 0 Å². The Morgan fingerprint density at radius 3 is 2.08 bits per heavy atom. The Bertz CT molecular complexity index is 121. The predicted octanol–water partition coefficient (Wildman–Crippen LogP) is 3.92. The standard InChI is InChI=1S/C8H18Si.C3H8O/c1-8-6-4-5-7-9(8,2)3;1-3-4-2/h8H,4-7H2,1-3H3;3H2,1-2H3. The second kappa shape index (κ2) is 6.60. The van der Waals surface area contributed by atoms with Crippen LogP contribution in [0, 0.1) is 0 Å². The Balaban J connectivity index is 0.000000310. The van der Waals surface area contributed by atoms with Crippen molar-refractivity contribution in [3.63, 3.8) is 0 Å². The highest BCUT2D eigenvalue weighted by Crippen LogP contribution is 2.36. The zero-order valence-corrected chi connectivity index (χ0v) is 11.0. The molecule has 80 valence electrons. The molecule has 1 atom stereocenters. The fraction of sp³-hybridized carbons (Fsp3) is 1.00. The van der Waals surface area contributed by atoms with Crippen molar-refractivity contribution in [2.75, 3.05) is 13.7 Å². The lowest BCUT2D eigenvalue weighted by Gasteiger charge is -2.34. The van der Waals surface area contributed by atoms with Gasteiger partial charge in [-0.3, -0.25) is 0 Å². The number of ether oxygens (including phenoxy) is 1. The van der Waals surface area contributed by atoms with Crippen LogP contribution in [0.15, 0.2) is 0 Å². The smallest absolute Gasteiger partial charge is 0.0502 e. The van der Waals surface area contributed by atoms with Gasteiger partial charge in [0.15, 0.2) is 0 Å². The second-order valence-corrected chi connectivity index (χ2v) is 10.2. The Morgan fingerprint density at radius 2 is 1.85 bits per heavy atom. The molecule has 0 aromatic rings. The van der Waals surface area contributed by atoms with E-state index in [4.69, 9.17) is 0 Å². The van der Waals surface area contributed by atoms with Crippen molar-refractivity contribution >= 4 is 8.07 Å². The molecule has 1 nitrogen and oxygen atoms in total. The third-order valence-corrected chi connectivity index (χ3v) is 7.93. The van der Waals surface area contributed by atoms with E-state index in [1.54, 1.807) is 13.2 Å². The van der Waals surface area contributed by atoms with Crippen LogP contribution in [-0.2, 0) is 4.74 Å². The van der Waals surface area contributed by atoms with Gasteiger partial charge in [0.2, 0.25) is 0 Å². The average molecular weight is 202 g/mol. The number of hydrogen-bond donors (Lipinski definition) is 0. The van der Waals surface area contributed by atoms with Gasteiger partial charge in [0.25, 0.3) is 0 Å². The van der Waals surface area contributed by atoms with E-state index in [2.05, 4.69) is 24.8 Å². The molecular weight excluding hydrogens is 176 g/mol. The molecule has 0 bridgehead atoms. The molecular formula is C11H26OSi. The van der Waals surface area contributed by atoms with E-state index in [0.717, 1.165) is 12.1 Å². The number of methoxy groups -OCH3 is 1. The maximum atomic E-state index is 4.54. The Hall–Kier alpha value is 0.177. The van der Waals surface area contributed by atoms with Crippen molar-refractivity contribution in [1.82, 2.24) is 0 Å². The summed E-state index contributed by atoms with van der Waals surface area (Å²) in [6, 6.07) is 1.58. The molecule has 1 rings (SSSR count). The Labute approximate surface area is 84.9 Å². The highest BCUT2D eigenvalue weighted by molar-refractivity contribution is 6.78. The summed E-state index contributed by atoms with van der Waals surface area (Å²) >= 11 is 0. The van der Waals surface area contributed by atoms with Crippen LogP contribution in [-0.4, -0.2) is 21.8 Å². The maximum absolute atomic E-state index is 4.54. The van der Waals surface area contributed by atoms with E-state index >= 15 is 0 Å². The monoisotopic (exact) mass is 202 g/mol. The molecule has 0 N–H and O–H groups in total. The van der Waals surface area contributed by atoms with E-state index in [1.165, 1.54) is 19.3 Å². The summed E-state index contributed by atoms with van der Waals surface area (Å²) < 4.78 is 4.54. The summed E-state index contributed by atoms with van der Waals surface area (Å²) in [6.07, 6.45) is 4.53. The van der Waals surface area contributed by atoms with Crippen molar-refractivity contribution in [3.05, 3.63) is 0 Å². The molecule has 0 aliphatic carbocycles. The zero-order valence-electron chi connectivity index (χ0n) is 10.0. The van der Waals surface area contributed by atoms with Gasteiger partial charge in [-0.2, -0.15) is 0 Å². The summed E-state index contributed by atoms with van der Waals surface area (Å²) in [4.78, 5) is 0. The third kappa shape index (κ3) is 5.48. The van der Waals surface area contributed by atoms with Gasteiger partial charge in [-0.05, 0) is 12.5 Å². The SMILES string of the molecule is CC1CCCC[Si]1(C)C.CCOC. The first kappa shape index (κ1) is 13.2. The molecule has 0 aromatic heterocycles. The molecule has 1 saturated heterocycles. The molecule has 1 aliphatic rings. The van der Waals surface area contributed by atoms with Crippen LogP contribution >= 0.6 is 0 Å². The van der Waals surface area contributed by atoms with Gasteiger partial charge in [-0.1, -0.05) is 45.3 Å². The minimum Gasteiger partial charge on any atom is -0.385 e. The van der Waals surface area contributed by atoms with Crippen molar-refractivity contribution in [1.29, 1.82) is 0 Å². The van der Waals surface area contributed by atoms with E-state index in [9.17, 15) is 0 Å². The molecule has 1 unspecified atom stereocenters. The molecule has 1 heterocycles. The predicted molar refractivity (Wildman–Crippen MR) is 63.1 cm³/mol. The van der Waals surface area contributed by atoms with Crippen molar-refractivity contribution < 1.29 is 4.74 Å². The summed E-state index contributed by atoms with van der Waals surface area (Å²) in [5.41, 5.74) is 1.09. The van der Waals surface area contributed by atoms with Gasteiger partial charge >= 0.3 is 0 Å². The summed E-state index contributed by atoms with van der Waals surface area (Å²) in [5.74, 6) is 0. The van der Waals surface area contributed by atoms with Crippen LogP contribution in [0.3, 0.4) is 0 Å². The first-order valence-electron chi connectivity index (χ1n) is 5.53. The highest BCUT2D eigenvalue weighted by atomic mass is 28.3. The Kier molecular flexibility index (Phi) is 6.69. The summed E-state index contributed by atoms with van der Waals surface area (Å²) in [5, 5.41) is 0. The molecule has 0 spiro atoms. The van der Waals surface area contributed by atoms with Crippen molar-refractivity contribution in [3.8, 4) is 0 Å². The largest absolute Gasteiger partial charge is 0.385 e. The fourth-order valence-electron chi connectivity index (χ4n) is 1.67. The molecule has 0 saturated carbocycles. The van der Waals surface area contributed by atoms with E-state index in [-0.39, 0.29) is 0 Å². The van der Waals surface area contributed by atoms with Gasteiger partial charge in [0.05, 0.1) is 8.07 Å². The lowest BCUT2D eigenvalue weighted by Crippen LogP contribution is -2.33. The fourth-order valence-corrected chi connectivity index (χ4v) is 4.31. The molecule has 0 radical (unpaired) electrons. The van der Waals surface area contributed by atoms with Gasteiger partial charge in [-0.25, -0.2) is 0 Å². The van der Waals surface area contributed by atoms with Crippen LogP contribution in [0.5, 0.6) is 0 Å². The van der Waals surface area contributed by atoms with Gasteiger partial charge < -0.3 is 4.74 Å². The maximum Gasteiger partial charge on any atom is 0.0502 e. The molecule has 1 aliphatic heterocycles. The summed E-state index contributed by atoms with van der Waals surface area (Å²) in [6.45, 7) is 10.3. The lowest BCUT2D eigenvalue weighted by molar-refractivity contribution is 0.215. The topological polar surface area (TPSA) is 9.23 Å². The highest BCUT2D eigenvalue weighted by Gasteiger charge is 2.30. The third-order valence-electron chi connectivity index (χ3n) is 3.33. The molecule has 1 fully saturated rings. The van der Waals surface area contributed by atoms with E-state index < -0.39 is 8.07 Å². The quantitative estimate of drug-likeness (QED) is 0.586. The zero-order chi connectivity index (χ0) is 10.3. The van der Waals surface area contributed by atoms with Crippen LogP contribution < -0.4 is 0 Å². The van der Waals surface area contributed by atoms with Crippen molar-refractivity contribution in [2.24, 2.45) is 0 Å². The number of hydrogen-bond acceptors (Lipinski definition) is 1. The molecule has 2 heteroatoms. The van der Waals surface area contributed by atoms with Crippen LogP contribution in [0.2, 0.25) is 24.7 Å². The number of rotatable bonds is 1. The van der Waals surface area contributed by atoms with Gasteiger partial charge in [0.1, 0.15) is 0 Å². The van der Waals surface area contributed by atoms with E-state index in [1.807, 2.05) is 6.92 Å². The lowest BCUT2D eigenvalue weighted by atomic mass is 10.2. The van der Waals surface area contributed by atoms with Gasteiger partial charge in [-0.15, -0.1) is 0 Å². The average Bonchev–Trinajstić information content (AvgIpc) is 2.11. The van der Waals surface area contributed by atoms with Crippen molar-refractivity contribution in [2.45, 2.75) is 57.8 Å². The minimum atomic E-state index is -0.694. The molecule has 13 heavy (non-hydrogen) atoms. The normalized spacial score (nSPS) is 26.1. The summed E-state index contributed by atoms with van der Waals surface area (Å²) in [7, 11) is 0.987. The van der Waals surface area contributed by atoms with Crippen LogP contribution in [0.25, 0.3) is 0 Å². The Morgan fingerprint density at radius 1 is 1.31 bits per heavy atom. The molecule has 0 aromatic carbocycles. The van der Waals surface area contributed by atoms with Crippen LogP contribution in [0.1, 0.15) is 33.1 Å². The minimum absolute atomic E-state index is 0.694. The first-order chi connectivity index (χ1) is 6.04. The molecule has 0 amide bonds. The van der Waals surface area contributed by atoms with Crippen LogP contribution in [0.4, 0.5) is 0 Å². The van der Waals surface area contributed by atoms with Gasteiger partial charge in [0, 0.05) is 13.7 Å². The first-order valence-corrected chi connectivity index (χ1v) is 8.82. The second-order valence-electron chi connectivity index (χ2n) is 4.71.